The summed E-state index contributed by atoms with van der Waals surface area (Å²) in [7, 11) is 1.47. The van der Waals surface area contributed by atoms with Crippen molar-refractivity contribution in [3.05, 3.63) is 52.2 Å². The molecule has 2 rings (SSSR count). The summed E-state index contributed by atoms with van der Waals surface area (Å²) in [6.07, 6.45) is 1.40. The molecule has 108 valence electrons. The molecule has 1 amide bonds. The van der Waals surface area contributed by atoms with Gasteiger partial charge in [0, 0.05) is 17.7 Å². The van der Waals surface area contributed by atoms with E-state index in [9.17, 15) is 20.0 Å². The number of methoxy groups -OCH3 is 1. The number of nitrogens with zero attached hydrogens (tertiary/aromatic N) is 2. The Morgan fingerprint density at radius 3 is 2.67 bits per heavy atom. The minimum absolute atomic E-state index is 0.0916. The number of ether oxygens (including phenoxy) is 1. The molecule has 8 nitrogen and oxygen atoms in total. The smallest absolute Gasteiger partial charge is 0.310 e. The van der Waals surface area contributed by atoms with E-state index < -0.39 is 22.3 Å². The van der Waals surface area contributed by atoms with E-state index in [1.165, 1.54) is 19.4 Å². The number of anilines is 1. The standard InChI is InChI=1S/C13H11N3O5/c1-21-12-5-3-9(7-14-12)15-13(18)8-2-4-10(16(19)20)11(17)6-8/h2-7,17H,1H3,(H,15,18). The minimum atomic E-state index is -0.732. The van der Waals surface area contributed by atoms with Crippen LogP contribution < -0.4 is 10.1 Å². The number of nitro benzene ring substituents is 1. The Bertz CT molecular complexity index is 685. The Kier molecular flexibility index (Phi) is 3.98. The Hall–Kier alpha value is -3.16. The van der Waals surface area contributed by atoms with Crippen LogP contribution in [0.3, 0.4) is 0 Å². The highest BCUT2D eigenvalue weighted by molar-refractivity contribution is 6.04. The zero-order valence-electron chi connectivity index (χ0n) is 10.9. The lowest BCUT2D eigenvalue weighted by molar-refractivity contribution is -0.385. The van der Waals surface area contributed by atoms with Crippen molar-refractivity contribution in [1.82, 2.24) is 4.98 Å². The predicted molar refractivity (Wildman–Crippen MR) is 73.5 cm³/mol. The lowest BCUT2D eigenvalue weighted by Gasteiger charge is -2.06. The first kappa shape index (κ1) is 14.3. The molecule has 0 aliphatic rings. The average Bonchev–Trinajstić information content (AvgIpc) is 2.47. The van der Waals surface area contributed by atoms with Gasteiger partial charge in [-0.2, -0.15) is 0 Å². The maximum atomic E-state index is 12.0. The molecule has 0 unspecified atom stereocenters. The summed E-state index contributed by atoms with van der Waals surface area (Å²) >= 11 is 0. The summed E-state index contributed by atoms with van der Waals surface area (Å²) in [5.74, 6) is -0.686. The molecule has 0 atom stereocenters. The lowest BCUT2D eigenvalue weighted by Crippen LogP contribution is -2.12. The van der Waals surface area contributed by atoms with Crippen LogP contribution in [0.1, 0.15) is 10.4 Å². The zero-order chi connectivity index (χ0) is 15.4. The highest BCUT2D eigenvalue weighted by Crippen LogP contribution is 2.26. The van der Waals surface area contributed by atoms with Gasteiger partial charge < -0.3 is 15.2 Å². The Morgan fingerprint density at radius 2 is 2.14 bits per heavy atom. The van der Waals surface area contributed by atoms with Gasteiger partial charge in [-0.05, 0) is 18.2 Å². The van der Waals surface area contributed by atoms with Crippen LogP contribution in [0.5, 0.6) is 11.6 Å². The Balaban J connectivity index is 2.16. The molecule has 0 saturated carbocycles. The van der Waals surface area contributed by atoms with E-state index in [4.69, 9.17) is 4.74 Å². The number of phenols is 1. The van der Waals surface area contributed by atoms with Gasteiger partial charge in [0.05, 0.1) is 23.9 Å². The molecule has 0 radical (unpaired) electrons. The number of aromatic nitrogens is 1. The summed E-state index contributed by atoms with van der Waals surface area (Å²) in [6, 6.07) is 6.52. The first-order valence-electron chi connectivity index (χ1n) is 5.80. The van der Waals surface area contributed by atoms with Crippen molar-refractivity contribution in [3.8, 4) is 11.6 Å². The first-order chi connectivity index (χ1) is 10.0. The molecule has 1 heterocycles. The number of carbonyl (C=O) groups is 1. The van der Waals surface area contributed by atoms with E-state index in [0.717, 1.165) is 12.1 Å². The molecule has 0 saturated heterocycles. The molecular weight excluding hydrogens is 278 g/mol. The van der Waals surface area contributed by atoms with Crippen LogP contribution in [0.15, 0.2) is 36.5 Å². The van der Waals surface area contributed by atoms with Gasteiger partial charge in [-0.3, -0.25) is 14.9 Å². The number of nitro groups is 1. The van der Waals surface area contributed by atoms with E-state index >= 15 is 0 Å². The van der Waals surface area contributed by atoms with Crippen LogP contribution in [0.2, 0.25) is 0 Å². The number of phenolic OH excluding ortho intramolecular Hbond substituents is 1. The number of nitrogens with one attached hydrogen (secondary N) is 1. The number of hydrogen-bond donors (Lipinski definition) is 2. The summed E-state index contributed by atoms with van der Waals surface area (Å²) in [4.78, 5) is 25.7. The van der Waals surface area contributed by atoms with Gasteiger partial charge >= 0.3 is 5.69 Å². The Labute approximate surface area is 119 Å². The van der Waals surface area contributed by atoms with E-state index in [1.54, 1.807) is 12.1 Å². The largest absolute Gasteiger partial charge is 0.502 e. The van der Waals surface area contributed by atoms with Crippen LogP contribution >= 0.6 is 0 Å². The molecule has 0 aliphatic carbocycles. The van der Waals surface area contributed by atoms with Gasteiger partial charge in [0.2, 0.25) is 5.88 Å². The second-order valence-electron chi connectivity index (χ2n) is 4.00. The monoisotopic (exact) mass is 289 g/mol. The molecule has 2 N–H and O–H groups in total. The summed E-state index contributed by atoms with van der Waals surface area (Å²) < 4.78 is 4.89. The summed E-state index contributed by atoms with van der Waals surface area (Å²) in [5.41, 5.74) is 0.0604. The maximum absolute atomic E-state index is 12.0. The van der Waals surface area contributed by atoms with Gasteiger partial charge in [-0.1, -0.05) is 0 Å². The molecule has 8 heteroatoms. The van der Waals surface area contributed by atoms with Gasteiger partial charge in [-0.25, -0.2) is 4.98 Å². The van der Waals surface area contributed by atoms with Gasteiger partial charge in [-0.15, -0.1) is 0 Å². The van der Waals surface area contributed by atoms with E-state index in [-0.39, 0.29) is 5.56 Å². The van der Waals surface area contributed by atoms with Gasteiger partial charge in [0.25, 0.3) is 5.91 Å². The number of carbonyl (C=O) groups excluding carboxylic acids is 1. The molecule has 0 bridgehead atoms. The third-order valence-corrected chi connectivity index (χ3v) is 2.64. The van der Waals surface area contributed by atoms with Crippen molar-refractivity contribution in [2.45, 2.75) is 0 Å². The molecular formula is C13H11N3O5. The van der Waals surface area contributed by atoms with Crippen molar-refractivity contribution < 1.29 is 19.6 Å². The van der Waals surface area contributed by atoms with Crippen molar-refractivity contribution in [3.63, 3.8) is 0 Å². The van der Waals surface area contributed by atoms with Crippen molar-refractivity contribution in [2.75, 3.05) is 12.4 Å². The second-order valence-corrected chi connectivity index (χ2v) is 4.00. The third kappa shape index (κ3) is 3.24. The number of amides is 1. The van der Waals surface area contributed by atoms with Crippen LogP contribution in [0.4, 0.5) is 11.4 Å². The van der Waals surface area contributed by atoms with E-state index in [0.29, 0.717) is 11.6 Å². The normalized spacial score (nSPS) is 9.95. The second kappa shape index (κ2) is 5.87. The van der Waals surface area contributed by atoms with Crippen molar-refractivity contribution in [1.29, 1.82) is 0 Å². The fourth-order valence-electron chi connectivity index (χ4n) is 1.60. The third-order valence-electron chi connectivity index (χ3n) is 2.64. The number of hydrogen-bond acceptors (Lipinski definition) is 6. The molecule has 2 aromatic rings. The summed E-state index contributed by atoms with van der Waals surface area (Å²) in [6.45, 7) is 0. The van der Waals surface area contributed by atoms with Gasteiger partial charge in [0.1, 0.15) is 0 Å². The van der Waals surface area contributed by atoms with Crippen LogP contribution in [-0.4, -0.2) is 28.0 Å². The van der Waals surface area contributed by atoms with Crippen LogP contribution in [0.25, 0.3) is 0 Å². The van der Waals surface area contributed by atoms with E-state index in [1.807, 2.05) is 0 Å². The predicted octanol–water partition coefficient (Wildman–Crippen LogP) is 1.96. The number of rotatable bonds is 4. The number of aromatic hydroxyl groups is 1. The quantitative estimate of drug-likeness (QED) is 0.656. The molecule has 21 heavy (non-hydrogen) atoms. The van der Waals surface area contributed by atoms with Gasteiger partial charge in [0.15, 0.2) is 5.75 Å². The van der Waals surface area contributed by atoms with E-state index in [2.05, 4.69) is 10.3 Å². The fourth-order valence-corrected chi connectivity index (χ4v) is 1.60. The van der Waals surface area contributed by atoms with Crippen molar-refractivity contribution >= 4 is 17.3 Å². The lowest BCUT2D eigenvalue weighted by atomic mass is 10.1. The van der Waals surface area contributed by atoms with Crippen LogP contribution in [-0.2, 0) is 0 Å². The molecule has 0 fully saturated rings. The highest BCUT2D eigenvalue weighted by atomic mass is 16.6. The fraction of sp³-hybridized carbons (Fsp3) is 0.0769. The van der Waals surface area contributed by atoms with Crippen molar-refractivity contribution in [2.24, 2.45) is 0 Å². The molecule has 0 spiro atoms. The molecule has 1 aromatic carbocycles. The Morgan fingerprint density at radius 1 is 1.38 bits per heavy atom. The molecule has 1 aromatic heterocycles. The summed E-state index contributed by atoms with van der Waals surface area (Å²) in [5, 5.41) is 22.6. The highest BCUT2D eigenvalue weighted by Gasteiger charge is 2.16. The average molecular weight is 289 g/mol. The topological polar surface area (TPSA) is 115 Å². The molecule has 0 aliphatic heterocycles. The SMILES string of the molecule is COc1ccc(NC(=O)c2ccc([N+](=O)[O-])c(O)c2)cn1. The maximum Gasteiger partial charge on any atom is 0.310 e. The van der Waals surface area contributed by atoms with Crippen LogP contribution in [0, 0.1) is 10.1 Å². The minimum Gasteiger partial charge on any atom is -0.502 e. The number of benzene rings is 1. The number of pyridine rings is 1. The zero-order valence-corrected chi connectivity index (χ0v) is 10.9. The first-order valence-corrected chi connectivity index (χ1v) is 5.80.